The van der Waals surface area contributed by atoms with Crippen molar-refractivity contribution in [1.82, 2.24) is 4.98 Å². The van der Waals surface area contributed by atoms with E-state index in [1.165, 1.54) is 0 Å². The van der Waals surface area contributed by atoms with Gasteiger partial charge in [0, 0.05) is 0 Å². The van der Waals surface area contributed by atoms with E-state index in [9.17, 15) is 18.0 Å². The molecule has 0 bridgehead atoms. The summed E-state index contributed by atoms with van der Waals surface area (Å²) < 4.78 is 42.4. The van der Waals surface area contributed by atoms with Gasteiger partial charge in [-0.2, -0.15) is 13.2 Å². The molecule has 0 radical (unpaired) electrons. The van der Waals surface area contributed by atoms with Crippen LogP contribution in [0.2, 0.25) is 0 Å². The first-order valence-corrected chi connectivity index (χ1v) is 5.67. The topological polar surface area (TPSA) is 63.3 Å². The molecule has 0 aliphatic rings. The minimum Gasteiger partial charge on any atom is -0.481 e. The summed E-state index contributed by atoms with van der Waals surface area (Å²) in [6.45, 7) is 0. The maximum Gasteiger partial charge on any atom is 0.416 e. The molecule has 0 amide bonds. The van der Waals surface area contributed by atoms with Crippen molar-refractivity contribution in [3.05, 3.63) is 23.8 Å². The van der Waals surface area contributed by atoms with Gasteiger partial charge in [0.05, 0.1) is 5.56 Å². The molecule has 0 aliphatic carbocycles. The highest BCUT2D eigenvalue weighted by molar-refractivity contribution is 7.99. The Bertz CT molecular complexity index is 594. The average Bonchev–Trinajstić information content (AvgIpc) is 2.66. The number of oxazole rings is 1. The Balaban J connectivity index is 2.31. The normalized spacial score (nSPS) is 11.9. The van der Waals surface area contributed by atoms with Gasteiger partial charge in [0.25, 0.3) is 5.22 Å². The van der Waals surface area contributed by atoms with E-state index >= 15 is 0 Å². The van der Waals surface area contributed by atoms with Crippen molar-refractivity contribution in [2.45, 2.75) is 11.4 Å². The summed E-state index contributed by atoms with van der Waals surface area (Å²) in [5.74, 6) is -1.32. The fourth-order valence-electron chi connectivity index (χ4n) is 1.27. The van der Waals surface area contributed by atoms with Crippen LogP contribution < -0.4 is 0 Å². The summed E-state index contributed by atoms with van der Waals surface area (Å²) >= 11 is 0.809. The third kappa shape index (κ3) is 2.76. The lowest BCUT2D eigenvalue weighted by atomic mass is 10.2. The highest BCUT2D eigenvalue weighted by atomic mass is 32.2. The second-order valence-electron chi connectivity index (χ2n) is 3.34. The highest BCUT2D eigenvalue weighted by Crippen LogP contribution is 2.32. The van der Waals surface area contributed by atoms with Crippen LogP contribution >= 0.6 is 11.8 Å². The smallest absolute Gasteiger partial charge is 0.416 e. The monoisotopic (exact) mass is 277 g/mol. The number of alkyl halides is 3. The molecule has 0 saturated carbocycles. The Hall–Kier alpha value is -1.70. The number of aromatic nitrogens is 1. The third-order valence-electron chi connectivity index (χ3n) is 2.01. The predicted octanol–water partition coefficient (Wildman–Crippen LogP) is 3.02. The molecule has 1 N–H and O–H groups in total. The molecule has 96 valence electrons. The van der Waals surface area contributed by atoms with Gasteiger partial charge in [0.1, 0.15) is 11.3 Å². The van der Waals surface area contributed by atoms with Gasteiger partial charge in [-0.05, 0) is 18.2 Å². The van der Waals surface area contributed by atoms with Crippen molar-refractivity contribution in [3.63, 3.8) is 0 Å². The van der Waals surface area contributed by atoms with E-state index in [2.05, 4.69) is 4.98 Å². The second kappa shape index (κ2) is 4.52. The van der Waals surface area contributed by atoms with Gasteiger partial charge in [0.15, 0.2) is 5.58 Å². The summed E-state index contributed by atoms with van der Waals surface area (Å²) in [5.41, 5.74) is -0.577. The number of hydrogen-bond donors (Lipinski definition) is 1. The lowest BCUT2D eigenvalue weighted by Gasteiger charge is -2.04. The Morgan fingerprint density at radius 1 is 1.44 bits per heavy atom. The number of halogens is 3. The molecule has 8 heteroatoms. The van der Waals surface area contributed by atoms with Crippen LogP contribution in [0, 0.1) is 0 Å². The molecule has 4 nitrogen and oxygen atoms in total. The van der Waals surface area contributed by atoms with E-state index in [4.69, 9.17) is 9.52 Å². The van der Waals surface area contributed by atoms with Crippen LogP contribution in [0.1, 0.15) is 5.56 Å². The molecule has 1 heterocycles. The summed E-state index contributed by atoms with van der Waals surface area (Å²) in [6.07, 6.45) is -4.44. The number of thioether (sulfide) groups is 1. The van der Waals surface area contributed by atoms with E-state index < -0.39 is 17.7 Å². The second-order valence-corrected chi connectivity index (χ2v) is 4.27. The SMILES string of the molecule is O=C(O)CSc1nc2cc(C(F)(F)F)ccc2o1. The quantitative estimate of drug-likeness (QED) is 0.874. The Labute approximate surface area is 103 Å². The number of benzene rings is 1. The van der Waals surface area contributed by atoms with E-state index in [0.717, 1.165) is 30.0 Å². The first-order chi connectivity index (χ1) is 8.36. The van der Waals surface area contributed by atoms with Crippen LogP contribution in [0.25, 0.3) is 11.1 Å². The molecule has 0 atom stereocenters. The van der Waals surface area contributed by atoms with Crippen molar-refractivity contribution in [3.8, 4) is 0 Å². The summed E-state index contributed by atoms with van der Waals surface area (Å²) in [6, 6.07) is 2.92. The molecule has 0 fully saturated rings. The average molecular weight is 277 g/mol. The van der Waals surface area contributed by atoms with Gasteiger partial charge >= 0.3 is 12.1 Å². The van der Waals surface area contributed by atoms with E-state index in [1.807, 2.05) is 0 Å². The molecular weight excluding hydrogens is 271 g/mol. The summed E-state index contributed by atoms with van der Waals surface area (Å²) in [7, 11) is 0. The third-order valence-corrected chi connectivity index (χ3v) is 2.83. The fourth-order valence-corrected chi connectivity index (χ4v) is 1.83. The molecule has 1 aromatic carbocycles. The molecule has 2 rings (SSSR count). The number of rotatable bonds is 3. The molecule has 1 aromatic heterocycles. The van der Waals surface area contributed by atoms with Gasteiger partial charge < -0.3 is 9.52 Å². The van der Waals surface area contributed by atoms with Crippen LogP contribution in [0.15, 0.2) is 27.8 Å². The number of hydrogen-bond acceptors (Lipinski definition) is 4. The van der Waals surface area contributed by atoms with Crippen molar-refractivity contribution in [2.24, 2.45) is 0 Å². The van der Waals surface area contributed by atoms with Crippen LogP contribution in [0.5, 0.6) is 0 Å². The zero-order chi connectivity index (χ0) is 13.3. The Morgan fingerprint density at radius 2 is 2.17 bits per heavy atom. The summed E-state index contributed by atoms with van der Waals surface area (Å²) in [5, 5.41) is 8.50. The van der Waals surface area contributed by atoms with Crippen molar-refractivity contribution in [1.29, 1.82) is 0 Å². The number of carboxylic acids is 1. The maximum absolute atomic E-state index is 12.4. The van der Waals surface area contributed by atoms with Crippen molar-refractivity contribution in [2.75, 3.05) is 5.75 Å². The highest BCUT2D eigenvalue weighted by Gasteiger charge is 2.31. The van der Waals surface area contributed by atoms with Crippen LogP contribution in [0.3, 0.4) is 0 Å². The predicted molar refractivity (Wildman–Crippen MR) is 57.4 cm³/mol. The van der Waals surface area contributed by atoms with Gasteiger partial charge in [-0.15, -0.1) is 0 Å². The molecule has 0 saturated heterocycles. The lowest BCUT2D eigenvalue weighted by molar-refractivity contribution is -0.137. The molecule has 0 aliphatic heterocycles. The van der Waals surface area contributed by atoms with Crippen LogP contribution in [-0.2, 0) is 11.0 Å². The van der Waals surface area contributed by atoms with E-state index in [1.54, 1.807) is 0 Å². The first-order valence-electron chi connectivity index (χ1n) is 4.68. The number of carbonyl (C=O) groups is 1. The fraction of sp³-hybridized carbons (Fsp3) is 0.200. The Kier molecular flexibility index (Phi) is 3.20. The van der Waals surface area contributed by atoms with Crippen LogP contribution in [-0.4, -0.2) is 21.8 Å². The van der Waals surface area contributed by atoms with Gasteiger partial charge in [0.2, 0.25) is 0 Å². The van der Waals surface area contributed by atoms with Gasteiger partial charge in [-0.25, -0.2) is 4.98 Å². The molecular formula is C10H6F3NO3S. The van der Waals surface area contributed by atoms with Crippen molar-refractivity contribution >= 4 is 28.8 Å². The van der Waals surface area contributed by atoms with Gasteiger partial charge in [-0.1, -0.05) is 11.8 Å². The maximum atomic E-state index is 12.4. The van der Waals surface area contributed by atoms with Crippen molar-refractivity contribution < 1.29 is 27.5 Å². The van der Waals surface area contributed by atoms with Crippen LogP contribution in [0.4, 0.5) is 13.2 Å². The van der Waals surface area contributed by atoms with Gasteiger partial charge in [-0.3, -0.25) is 4.79 Å². The minimum atomic E-state index is -4.44. The molecule has 18 heavy (non-hydrogen) atoms. The number of nitrogens with zero attached hydrogens (tertiary/aromatic N) is 1. The zero-order valence-electron chi connectivity index (χ0n) is 8.69. The number of fused-ring (bicyclic) bond motifs is 1. The zero-order valence-corrected chi connectivity index (χ0v) is 9.51. The number of aliphatic carboxylic acids is 1. The number of carboxylic acid groups (broad SMARTS) is 1. The first kappa shape index (κ1) is 12.7. The lowest BCUT2D eigenvalue weighted by Crippen LogP contribution is -2.03. The largest absolute Gasteiger partial charge is 0.481 e. The standard InChI is InChI=1S/C10H6F3NO3S/c11-10(12,13)5-1-2-7-6(3-5)14-9(17-7)18-4-8(15)16/h1-3H,4H2,(H,15,16). The minimum absolute atomic E-state index is 0.0340. The molecule has 0 unspecified atom stereocenters. The molecule has 0 spiro atoms. The Morgan fingerprint density at radius 3 is 2.78 bits per heavy atom. The van der Waals surface area contributed by atoms with E-state index in [0.29, 0.717) is 0 Å². The summed E-state index contributed by atoms with van der Waals surface area (Å²) in [4.78, 5) is 14.1. The molecule has 2 aromatic rings. The van der Waals surface area contributed by atoms with E-state index in [-0.39, 0.29) is 22.1 Å².